The second kappa shape index (κ2) is 9.40. The number of hydrogen-bond donors (Lipinski definition) is 1. The average molecular weight is 417 g/mol. The number of amides is 1. The molecule has 2 heterocycles. The lowest BCUT2D eigenvalue weighted by molar-refractivity contribution is -0.111. The van der Waals surface area contributed by atoms with Crippen LogP contribution in [0, 0.1) is 5.82 Å². The monoisotopic (exact) mass is 416 g/mol. The predicted molar refractivity (Wildman–Crippen MR) is 108 cm³/mol. The van der Waals surface area contributed by atoms with Crippen molar-refractivity contribution in [1.82, 2.24) is 15.0 Å². The zero-order valence-electron chi connectivity index (χ0n) is 15.6. The van der Waals surface area contributed by atoms with Gasteiger partial charge in [-0.3, -0.25) is 4.79 Å². The number of ether oxygens (including phenoxy) is 2. The fourth-order valence-electron chi connectivity index (χ4n) is 2.59. The summed E-state index contributed by atoms with van der Waals surface area (Å²) in [5, 5.41) is 2.66. The van der Waals surface area contributed by atoms with Crippen molar-refractivity contribution in [2.24, 2.45) is 0 Å². The Bertz CT molecular complexity index is 1060. The first kappa shape index (κ1) is 20.6. The van der Waals surface area contributed by atoms with E-state index in [1.165, 1.54) is 18.5 Å². The molecule has 0 atom stereocenters. The molecule has 0 aliphatic rings. The van der Waals surface area contributed by atoms with Crippen LogP contribution in [0.4, 0.5) is 10.2 Å². The van der Waals surface area contributed by atoms with Gasteiger partial charge < -0.3 is 14.8 Å². The third kappa shape index (κ3) is 5.04. The summed E-state index contributed by atoms with van der Waals surface area (Å²) in [4.78, 5) is 24.9. The molecule has 0 unspecified atom stereocenters. The van der Waals surface area contributed by atoms with Gasteiger partial charge in [0.05, 0.1) is 22.8 Å². The van der Waals surface area contributed by atoms with Crippen molar-refractivity contribution < 1.29 is 18.7 Å². The number of pyridine rings is 1. The summed E-state index contributed by atoms with van der Waals surface area (Å²) in [5.74, 6) is -0.364. The van der Waals surface area contributed by atoms with Gasteiger partial charge in [0.15, 0.2) is 11.6 Å². The number of fused-ring (bicyclic) bond motifs is 1. The van der Waals surface area contributed by atoms with Crippen molar-refractivity contribution in [2.45, 2.75) is 6.42 Å². The van der Waals surface area contributed by atoms with Crippen molar-refractivity contribution in [3.05, 3.63) is 65.3 Å². The van der Waals surface area contributed by atoms with Crippen LogP contribution in [-0.2, 0) is 16.0 Å². The second-order valence-corrected chi connectivity index (χ2v) is 6.39. The molecule has 0 fully saturated rings. The molecule has 0 radical (unpaired) electrons. The molecule has 0 saturated heterocycles. The molecule has 1 N–H and O–H groups in total. The lowest BCUT2D eigenvalue weighted by atomic mass is 10.1. The molecule has 3 rings (SSSR count). The van der Waals surface area contributed by atoms with Gasteiger partial charge >= 0.3 is 0 Å². The maximum atomic E-state index is 13.4. The highest BCUT2D eigenvalue weighted by atomic mass is 35.5. The van der Waals surface area contributed by atoms with Gasteiger partial charge in [-0.05, 0) is 23.8 Å². The van der Waals surface area contributed by atoms with Gasteiger partial charge in [-0.1, -0.05) is 24.2 Å². The van der Waals surface area contributed by atoms with E-state index >= 15 is 0 Å². The average Bonchev–Trinajstić information content (AvgIpc) is 2.71. The van der Waals surface area contributed by atoms with Gasteiger partial charge in [0, 0.05) is 19.6 Å². The van der Waals surface area contributed by atoms with Crippen molar-refractivity contribution >= 4 is 34.4 Å². The van der Waals surface area contributed by atoms with Gasteiger partial charge in [0.2, 0.25) is 5.91 Å². The zero-order chi connectivity index (χ0) is 20.8. The summed E-state index contributed by atoms with van der Waals surface area (Å²) >= 11 is 5.87. The molecule has 0 aliphatic heterocycles. The number of nitrogens with one attached hydrogen (secondary N) is 1. The molecule has 1 aromatic carbocycles. The first-order valence-corrected chi connectivity index (χ1v) is 9.03. The topological polar surface area (TPSA) is 86.2 Å². The number of hydrogen-bond acceptors (Lipinski definition) is 6. The van der Waals surface area contributed by atoms with E-state index in [0.29, 0.717) is 35.5 Å². The maximum Gasteiger partial charge on any atom is 0.249 e. The summed E-state index contributed by atoms with van der Waals surface area (Å²) in [7, 11) is 1.56. The first-order chi connectivity index (χ1) is 14.0. The third-order valence-electron chi connectivity index (χ3n) is 3.98. The van der Waals surface area contributed by atoms with E-state index in [1.54, 1.807) is 19.2 Å². The van der Waals surface area contributed by atoms with E-state index < -0.39 is 11.7 Å². The molecule has 1 amide bonds. The Morgan fingerprint density at radius 1 is 1.31 bits per heavy atom. The summed E-state index contributed by atoms with van der Waals surface area (Å²) in [6, 6.07) is 6.12. The van der Waals surface area contributed by atoms with Gasteiger partial charge in [-0.15, -0.1) is 0 Å². The molecule has 0 aliphatic carbocycles. The number of aromatic nitrogens is 3. The summed E-state index contributed by atoms with van der Waals surface area (Å²) in [6.07, 6.45) is 2.89. The third-order valence-corrected chi connectivity index (χ3v) is 4.27. The predicted octanol–water partition coefficient (Wildman–Crippen LogP) is 3.56. The van der Waals surface area contributed by atoms with Crippen molar-refractivity contribution in [1.29, 1.82) is 0 Å². The van der Waals surface area contributed by atoms with Crippen LogP contribution in [0.1, 0.15) is 11.3 Å². The fourth-order valence-corrected chi connectivity index (χ4v) is 2.80. The Kier molecular flexibility index (Phi) is 6.69. The van der Waals surface area contributed by atoms with Crippen molar-refractivity contribution in [3.8, 4) is 5.75 Å². The van der Waals surface area contributed by atoms with Gasteiger partial charge in [-0.25, -0.2) is 19.3 Å². The molecule has 0 saturated carbocycles. The van der Waals surface area contributed by atoms with E-state index in [4.69, 9.17) is 21.1 Å². The molecular formula is C20H18ClFN4O3. The minimum Gasteiger partial charge on any atom is -0.487 e. The first-order valence-electron chi connectivity index (χ1n) is 8.65. The largest absolute Gasteiger partial charge is 0.487 e. The molecule has 7 nitrogen and oxygen atoms in total. The molecule has 9 heteroatoms. The van der Waals surface area contributed by atoms with Crippen molar-refractivity contribution in [2.75, 3.05) is 25.6 Å². The molecular weight excluding hydrogens is 399 g/mol. The number of rotatable bonds is 8. The number of anilines is 1. The van der Waals surface area contributed by atoms with Crippen LogP contribution in [0.15, 0.2) is 43.2 Å². The van der Waals surface area contributed by atoms with Gasteiger partial charge in [0.25, 0.3) is 0 Å². The van der Waals surface area contributed by atoms with E-state index in [-0.39, 0.29) is 17.4 Å². The van der Waals surface area contributed by atoms with Crippen LogP contribution < -0.4 is 10.1 Å². The van der Waals surface area contributed by atoms with Crippen LogP contribution >= 0.6 is 11.6 Å². The van der Waals surface area contributed by atoms with Crippen LogP contribution in [0.3, 0.4) is 0 Å². The molecule has 3 aromatic rings. The van der Waals surface area contributed by atoms with Gasteiger partial charge in [-0.2, -0.15) is 0 Å². The summed E-state index contributed by atoms with van der Waals surface area (Å²) in [5.41, 5.74) is 2.36. The minimum atomic E-state index is -0.492. The van der Waals surface area contributed by atoms with E-state index in [1.807, 2.05) is 0 Å². The molecule has 150 valence electrons. The highest BCUT2D eigenvalue weighted by Crippen LogP contribution is 2.28. The van der Waals surface area contributed by atoms with Crippen LogP contribution in [-0.4, -0.2) is 41.2 Å². The standard InChI is InChI=1S/C20H18ClFN4O3/c1-3-18(27)25-20-17(29-7-6-28-2)10-16-19(26-20)15(23-11-24-16)9-12-4-5-14(22)13(21)8-12/h3-5,8,10-11H,1,6-7,9H2,2H3,(H,25,26,27). The molecule has 0 spiro atoms. The Morgan fingerprint density at radius 2 is 2.14 bits per heavy atom. The molecule has 2 aromatic heterocycles. The van der Waals surface area contributed by atoms with Crippen molar-refractivity contribution in [3.63, 3.8) is 0 Å². The fraction of sp³-hybridized carbons (Fsp3) is 0.200. The number of carbonyl (C=O) groups is 1. The highest BCUT2D eigenvalue weighted by molar-refractivity contribution is 6.30. The number of halogens is 2. The number of carbonyl (C=O) groups excluding carboxylic acids is 1. The number of methoxy groups -OCH3 is 1. The Morgan fingerprint density at radius 3 is 2.86 bits per heavy atom. The van der Waals surface area contributed by atoms with E-state index in [9.17, 15) is 9.18 Å². The Balaban J connectivity index is 2.02. The highest BCUT2D eigenvalue weighted by Gasteiger charge is 2.15. The van der Waals surface area contributed by atoms with E-state index in [0.717, 1.165) is 11.6 Å². The van der Waals surface area contributed by atoms with Crippen LogP contribution in [0.2, 0.25) is 5.02 Å². The molecule has 29 heavy (non-hydrogen) atoms. The number of nitrogens with zero attached hydrogens (tertiary/aromatic N) is 3. The minimum absolute atomic E-state index is 0.0292. The van der Waals surface area contributed by atoms with Gasteiger partial charge in [0.1, 0.15) is 24.3 Å². The lowest BCUT2D eigenvalue weighted by Crippen LogP contribution is -2.13. The van der Waals surface area contributed by atoms with E-state index in [2.05, 4.69) is 26.8 Å². The van der Waals surface area contributed by atoms with Crippen LogP contribution in [0.5, 0.6) is 5.75 Å². The molecule has 0 bridgehead atoms. The van der Waals surface area contributed by atoms with Crippen LogP contribution in [0.25, 0.3) is 11.0 Å². The smallest absolute Gasteiger partial charge is 0.249 e. The maximum absolute atomic E-state index is 13.4. The summed E-state index contributed by atoms with van der Waals surface area (Å²) < 4.78 is 24.1. The quantitative estimate of drug-likeness (QED) is 0.446. The second-order valence-electron chi connectivity index (χ2n) is 5.98. The Hall–Kier alpha value is -3.10. The summed E-state index contributed by atoms with van der Waals surface area (Å²) in [6.45, 7) is 4.08. The lowest BCUT2D eigenvalue weighted by Gasteiger charge is -2.13. The zero-order valence-corrected chi connectivity index (χ0v) is 16.4. The Labute approximate surface area is 171 Å². The normalized spacial score (nSPS) is 10.7. The SMILES string of the molecule is C=CC(=O)Nc1nc2c(Cc3ccc(F)c(Cl)c3)ncnc2cc1OCCOC. The number of benzene rings is 1.